The number of carbonyl (C=O) groups is 3. The van der Waals surface area contributed by atoms with Crippen molar-refractivity contribution in [1.29, 1.82) is 0 Å². The zero-order valence-electron chi connectivity index (χ0n) is 16.1. The molecule has 1 N–H and O–H groups in total. The van der Waals surface area contributed by atoms with Crippen LogP contribution < -0.4 is 10.1 Å². The third-order valence-corrected chi connectivity index (χ3v) is 6.07. The summed E-state index contributed by atoms with van der Waals surface area (Å²) in [5.74, 6) is -0.200. The number of sulfone groups is 1. The molecule has 0 aliphatic carbocycles. The molecule has 1 aliphatic heterocycles. The summed E-state index contributed by atoms with van der Waals surface area (Å²) in [6.07, 6.45) is 1.14. The highest BCUT2D eigenvalue weighted by Gasteiger charge is 2.28. The number of nitrogens with zero attached hydrogens (tertiary/aromatic N) is 1. The van der Waals surface area contributed by atoms with Crippen molar-refractivity contribution in [3.05, 3.63) is 29.8 Å². The lowest BCUT2D eigenvalue weighted by atomic mass is 10.1. The summed E-state index contributed by atoms with van der Waals surface area (Å²) >= 11 is 0. The quantitative estimate of drug-likeness (QED) is 0.662. The third-order valence-electron chi connectivity index (χ3n) is 4.46. The van der Waals surface area contributed by atoms with Crippen LogP contribution in [0.1, 0.15) is 25.8 Å². The van der Waals surface area contributed by atoms with E-state index in [0.717, 1.165) is 5.56 Å². The lowest BCUT2D eigenvalue weighted by molar-refractivity contribution is -0.136. The van der Waals surface area contributed by atoms with Gasteiger partial charge in [-0.05, 0) is 38.0 Å². The molecule has 2 amide bonds. The highest BCUT2D eigenvalue weighted by atomic mass is 32.2. The van der Waals surface area contributed by atoms with E-state index in [1.807, 2.05) is 12.1 Å². The van der Waals surface area contributed by atoms with Crippen LogP contribution in [0.25, 0.3) is 0 Å². The molecule has 1 unspecified atom stereocenters. The van der Waals surface area contributed by atoms with Crippen LogP contribution in [0.3, 0.4) is 0 Å². The second kappa shape index (κ2) is 9.68. The van der Waals surface area contributed by atoms with Crippen LogP contribution in [0.2, 0.25) is 0 Å². The van der Waals surface area contributed by atoms with E-state index < -0.39 is 21.8 Å². The molecule has 1 atom stereocenters. The predicted octanol–water partition coefficient (Wildman–Crippen LogP) is 0.349. The van der Waals surface area contributed by atoms with Crippen molar-refractivity contribution in [2.75, 3.05) is 31.2 Å². The number of hydrogen-bond acceptors (Lipinski definition) is 6. The standard InChI is InChI=1S/C19H26N2O6S/c1-14(22)3-4-16-5-7-17(8-6-16)27-13-18(23)20-15(2)19(24)21-9-11-28(25,26)12-10-21/h5-8,15H,3-4,9-13H2,1-2H3,(H,20,23). The Kier molecular flexibility index (Phi) is 7.56. The molecule has 0 radical (unpaired) electrons. The maximum atomic E-state index is 12.3. The van der Waals surface area contributed by atoms with Crippen LogP contribution in [0.15, 0.2) is 24.3 Å². The summed E-state index contributed by atoms with van der Waals surface area (Å²) in [5, 5.41) is 2.57. The number of carbonyl (C=O) groups excluding carboxylic acids is 3. The second-order valence-electron chi connectivity index (χ2n) is 6.90. The Bertz CT molecular complexity index is 805. The number of nitrogens with one attached hydrogen (secondary N) is 1. The smallest absolute Gasteiger partial charge is 0.258 e. The number of Topliss-reactive ketones (excluding diaryl/α,β-unsaturated/α-hetero) is 1. The van der Waals surface area contributed by atoms with Gasteiger partial charge >= 0.3 is 0 Å². The molecule has 1 fully saturated rings. The molecule has 28 heavy (non-hydrogen) atoms. The zero-order valence-corrected chi connectivity index (χ0v) is 17.0. The largest absolute Gasteiger partial charge is 0.484 e. The van der Waals surface area contributed by atoms with Crippen molar-refractivity contribution in [3.63, 3.8) is 0 Å². The van der Waals surface area contributed by atoms with Gasteiger partial charge in [0.05, 0.1) is 11.5 Å². The van der Waals surface area contributed by atoms with Crippen LogP contribution in [-0.4, -0.2) is 68.2 Å². The average Bonchev–Trinajstić information content (AvgIpc) is 2.65. The molecule has 0 bridgehead atoms. The molecule has 0 spiro atoms. The minimum absolute atomic E-state index is 0.0507. The molecule has 1 heterocycles. The number of ketones is 1. The molecule has 2 rings (SSSR count). The Morgan fingerprint density at radius 1 is 1.14 bits per heavy atom. The van der Waals surface area contributed by atoms with Gasteiger partial charge in [-0.1, -0.05) is 12.1 Å². The van der Waals surface area contributed by atoms with E-state index in [9.17, 15) is 22.8 Å². The third kappa shape index (κ3) is 6.95. The number of benzene rings is 1. The average molecular weight is 410 g/mol. The van der Waals surface area contributed by atoms with Gasteiger partial charge in [-0.25, -0.2) is 8.42 Å². The van der Waals surface area contributed by atoms with Gasteiger partial charge in [0.15, 0.2) is 16.4 Å². The van der Waals surface area contributed by atoms with Gasteiger partial charge in [0.25, 0.3) is 5.91 Å². The van der Waals surface area contributed by atoms with E-state index in [2.05, 4.69) is 5.32 Å². The molecule has 0 saturated carbocycles. The van der Waals surface area contributed by atoms with Crippen LogP contribution in [0.4, 0.5) is 0 Å². The normalized spacial score (nSPS) is 16.9. The maximum Gasteiger partial charge on any atom is 0.258 e. The van der Waals surface area contributed by atoms with Gasteiger partial charge in [-0.2, -0.15) is 0 Å². The minimum atomic E-state index is -3.07. The highest BCUT2D eigenvalue weighted by molar-refractivity contribution is 7.91. The van der Waals surface area contributed by atoms with E-state index in [1.165, 1.54) is 4.90 Å². The van der Waals surface area contributed by atoms with Crippen molar-refractivity contribution in [2.24, 2.45) is 0 Å². The van der Waals surface area contributed by atoms with Gasteiger partial charge in [0, 0.05) is 19.5 Å². The molecular weight excluding hydrogens is 384 g/mol. The number of hydrogen-bond donors (Lipinski definition) is 1. The number of ether oxygens (including phenoxy) is 1. The first kappa shape index (κ1) is 21.9. The highest BCUT2D eigenvalue weighted by Crippen LogP contribution is 2.13. The number of amides is 2. The van der Waals surface area contributed by atoms with Crippen LogP contribution in [-0.2, 0) is 30.6 Å². The molecule has 1 aromatic rings. The fourth-order valence-electron chi connectivity index (χ4n) is 2.77. The molecular formula is C19H26N2O6S. The molecule has 154 valence electrons. The van der Waals surface area contributed by atoms with Gasteiger partial charge in [-0.15, -0.1) is 0 Å². The zero-order chi connectivity index (χ0) is 20.7. The predicted molar refractivity (Wildman–Crippen MR) is 104 cm³/mol. The van der Waals surface area contributed by atoms with Crippen molar-refractivity contribution < 1.29 is 27.5 Å². The minimum Gasteiger partial charge on any atom is -0.484 e. The lowest BCUT2D eigenvalue weighted by Crippen LogP contribution is -2.52. The first-order chi connectivity index (χ1) is 13.2. The maximum absolute atomic E-state index is 12.3. The first-order valence-corrected chi connectivity index (χ1v) is 11.0. The lowest BCUT2D eigenvalue weighted by Gasteiger charge is -2.29. The van der Waals surface area contributed by atoms with Crippen molar-refractivity contribution in [3.8, 4) is 5.75 Å². The van der Waals surface area contributed by atoms with Gasteiger partial charge in [0.2, 0.25) is 5.91 Å². The van der Waals surface area contributed by atoms with E-state index in [1.54, 1.807) is 26.0 Å². The molecule has 1 aliphatic rings. The van der Waals surface area contributed by atoms with E-state index in [4.69, 9.17) is 4.74 Å². The van der Waals surface area contributed by atoms with Gasteiger partial charge in [-0.3, -0.25) is 9.59 Å². The van der Waals surface area contributed by atoms with Crippen LogP contribution in [0, 0.1) is 0 Å². The summed E-state index contributed by atoms with van der Waals surface area (Å²) in [7, 11) is -3.07. The summed E-state index contributed by atoms with van der Waals surface area (Å²) in [6, 6.07) is 6.38. The van der Waals surface area contributed by atoms with Gasteiger partial charge in [0.1, 0.15) is 17.6 Å². The summed E-state index contributed by atoms with van der Waals surface area (Å²) < 4.78 is 28.3. The Balaban J connectivity index is 1.75. The first-order valence-electron chi connectivity index (χ1n) is 9.16. The van der Waals surface area contributed by atoms with Crippen LogP contribution >= 0.6 is 0 Å². The monoisotopic (exact) mass is 410 g/mol. The Morgan fingerprint density at radius 2 is 1.75 bits per heavy atom. The molecule has 1 saturated heterocycles. The summed E-state index contributed by atoms with van der Waals surface area (Å²) in [4.78, 5) is 36.8. The Hall–Kier alpha value is -2.42. The van der Waals surface area contributed by atoms with Gasteiger partial charge < -0.3 is 19.7 Å². The van der Waals surface area contributed by atoms with E-state index in [-0.39, 0.29) is 42.9 Å². The van der Waals surface area contributed by atoms with Crippen LogP contribution in [0.5, 0.6) is 5.75 Å². The van der Waals surface area contributed by atoms with Crippen molar-refractivity contribution in [1.82, 2.24) is 10.2 Å². The fourth-order valence-corrected chi connectivity index (χ4v) is 3.97. The molecule has 8 nitrogen and oxygen atoms in total. The molecule has 0 aromatic heterocycles. The van der Waals surface area contributed by atoms with Crippen molar-refractivity contribution >= 4 is 27.4 Å². The van der Waals surface area contributed by atoms with Crippen molar-refractivity contribution in [2.45, 2.75) is 32.7 Å². The molecule has 1 aromatic carbocycles. The number of rotatable bonds is 8. The fraction of sp³-hybridized carbons (Fsp3) is 0.526. The van der Waals surface area contributed by atoms with E-state index >= 15 is 0 Å². The summed E-state index contributed by atoms with van der Waals surface area (Å²) in [6.45, 7) is 3.17. The number of aryl methyl sites for hydroxylation is 1. The Morgan fingerprint density at radius 3 is 2.32 bits per heavy atom. The summed E-state index contributed by atoms with van der Waals surface area (Å²) in [5.41, 5.74) is 1.01. The van der Waals surface area contributed by atoms with E-state index in [0.29, 0.717) is 18.6 Å². The SMILES string of the molecule is CC(=O)CCc1ccc(OCC(=O)NC(C)C(=O)N2CCS(=O)(=O)CC2)cc1. The molecule has 9 heteroatoms. The Labute approximate surface area is 165 Å². The topological polar surface area (TPSA) is 110 Å². The second-order valence-corrected chi connectivity index (χ2v) is 9.20.